The Balaban J connectivity index is 2.14. The maximum absolute atomic E-state index is 3.69. The molecule has 2 heteroatoms. The van der Waals surface area contributed by atoms with E-state index in [1.807, 2.05) is 0 Å². The maximum atomic E-state index is 3.69. The highest BCUT2D eigenvalue weighted by molar-refractivity contribution is 9.10. The Kier molecular flexibility index (Phi) is 4.87. The van der Waals surface area contributed by atoms with Gasteiger partial charge in [-0.3, -0.25) is 0 Å². The second kappa shape index (κ2) is 7.44. The number of benzene rings is 4. The Morgan fingerprint density at radius 2 is 0.808 bits per heavy atom. The van der Waals surface area contributed by atoms with Gasteiger partial charge in [-0.1, -0.05) is 125 Å². The van der Waals surface area contributed by atoms with E-state index in [2.05, 4.69) is 131 Å². The van der Waals surface area contributed by atoms with E-state index in [0.717, 1.165) is 4.47 Å². The van der Waals surface area contributed by atoms with Crippen LogP contribution >= 0.6 is 15.9 Å². The Morgan fingerprint density at radius 1 is 0.423 bits per heavy atom. The molecule has 0 aromatic heterocycles. The van der Waals surface area contributed by atoms with Crippen molar-refractivity contribution in [1.82, 2.24) is 0 Å². The topological polar surface area (TPSA) is 0 Å². The predicted octanol–water partition coefficient (Wildman–Crippen LogP) is 3.83. The lowest BCUT2D eigenvalue weighted by Gasteiger charge is -2.47. The van der Waals surface area contributed by atoms with E-state index in [0.29, 0.717) is 0 Å². The molecular weight excluding hydrogens is 396 g/mol. The van der Waals surface area contributed by atoms with Crippen LogP contribution in [-0.4, -0.2) is 8.07 Å². The van der Waals surface area contributed by atoms with Gasteiger partial charge in [-0.25, -0.2) is 0 Å². The fourth-order valence-corrected chi connectivity index (χ4v) is 9.19. The SMILES string of the molecule is Brc1cccc([Si-](c2ccccc2)(c2ccccc2)c2ccccc2)c1. The summed E-state index contributed by atoms with van der Waals surface area (Å²) >= 11 is 3.69. The molecule has 0 radical (unpaired) electrons. The average molecular weight is 415 g/mol. The van der Waals surface area contributed by atoms with Crippen LogP contribution in [0.4, 0.5) is 0 Å². The van der Waals surface area contributed by atoms with Gasteiger partial charge in [-0.2, -0.15) is 20.7 Å². The summed E-state index contributed by atoms with van der Waals surface area (Å²) in [4.78, 5) is 0. The van der Waals surface area contributed by atoms with Crippen LogP contribution in [0.5, 0.6) is 0 Å². The second-order valence-electron chi connectivity index (χ2n) is 6.36. The van der Waals surface area contributed by atoms with Crippen molar-refractivity contribution >= 4 is 44.8 Å². The predicted molar refractivity (Wildman–Crippen MR) is 118 cm³/mol. The number of hydrogen-bond acceptors (Lipinski definition) is 0. The summed E-state index contributed by atoms with van der Waals surface area (Å²) < 4.78 is 1.12. The van der Waals surface area contributed by atoms with E-state index >= 15 is 0 Å². The summed E-state index contributed by atoms with van der Waals surface area (Å²) in [5, 5.41) is 5.58. The summed E-state index contributed by atoms with van der Waals surface area (Å²) in [5.41, 5.74) is 0. The number of hydrogen-bond donors (Lipinski definition) is 0. The number of halogens is 1. The van der Waals surface area contributed by atoms with Gasteiger partial charge in [-0.15, -0.1) is 0 Å². The average Bonchev–Trinajstić information content (AvgIpc) is 2.71. The monoisotopic (exact) mass is 414 g/mol. The van der Waals surface area contributed by atoms with Crippen LogP contribution in [0, 0.1) is 0 Å². The van der Waals surface area contributed by atoms with Crippen molar-refractivity contribution in [2.24, 2.45) is 0 Å². The lowest BCUT2D eigenvalue weighted by Crippen LogP contribution is -2.74. The summed E-state index contributed by atoms with van der Waals surface area (Å²) in [6.07, 6.45) is 0. The molecule has 0 nitrogen and oxygen atoms in total. The Morgan fingerprint density at radius 3 is 1.19 bits per heavy atom. The van der Waals surface area contributed by atoms with Crippen LogP contribution in [0.3, 0.4) is 0 Å². The van der Waals surface area contributed by atoms with E-state index in [1.54, 1.807) is 0 Å². The first kappa shape index (κ1) is 17.0. The second-order valence-corrected chi connectivity index (χ2v) is 11.1. The summed E-state index contributed by atoms with van der Waals surface area (Å²) in [7, 11) is -2.36. The minimum Gasteiger partial charge on any atom is -0.171 e. The highest BCUT2D eigenvalue weighted by Crippen LogP contribution is 2.13. The first-order valence-electron chi connectivity index (χ1n) is 8.74. The van der Waals surface area contributed by atoms with Crippen molar-refractivity contribution in [3.63, 3.8) is 0 Å². The molecule has 4 rings (SSSR count). The lowest BCUT2D eigenvalue weighted by molar-refractivity contribution is 1.64. The van der Waals surface area contributed by atoms with Crippen LogP contribution in [-0.2, 0) is 0 Å². The molecule has 0 aliphatic carbocycles. The van der Waals surface area contributed by atoms with Gasteiger partial charge in [-0.05, 0) is 14.1 Å². The van der Waals surface area contributed by atoms with E-state index in [1.165, 1.54) is 20.7 Å². The maximum Gasteiger partial charge on any atom is 0.0147 e. The third kappa shape index (κ3) is 2.96. The molecule has 4 aromatic rings. The molecule has 4 aromatic carbocycles. The highest BCUT2D eigenvalue weighted by Gasteiger charge is 2.27. The van der Waals surface area contributed by atoms with Crippen LogP contribution in [0.25, 0.3) is 0 Å². The molecule has 0 unspecified atom stereocenters. The molecule has 0 spiro atoms. The van der Waals surface area contributed by atoms with Gasteiger partial charge < -0.3 is 0 Å². The van der Waals surface area contributed by atoms with Gasteiger partial charge >= 0.3 is 0 Å². The van der Waals surface area contributed by atoms with Gasteiger partial charge in [0.15, 0.2) is 0 Å². The zero-order valence-electron chi connectivity index (χ0n) is 14.3. The fourth-order valence-electron chi connectivity index (χ4n) is 3.79. The van der Waals surface area contributed by atoms with Crippen molar-refractivity contribution in [2.75, 3.05) is 0 Å². The fraction of sp³-hybridized carbons (Fsp3) is 0. The van der Waals surface area contributed by atoms with Crippen molar-refractivity contribution in [3.8, 4) is 0 Å². The van der Waals surface area contributed by atoms with Gasteiger partial charge in [0.25, 0.3) is 0 Å². The van der Waals surface area contributed by atoms with Crippen LogP contribution in [0.1, 0.15) is 0 Å². The molecule has 0 saturated heterocycles. The van der Waals surface area contributed by atoms with Crippen molar-refractivity contribution in [3.05, 3.63) is 120 Å². The Labute approximate surface area is 164 Å². The lowest BCUT2D eigenvalue weighted by atomic mass is 10.3. The molecule has 0 aliphatic rings. The molecular formula is C24H19BrSi-. The van der Waals surface area contributed by atoms with Crippen LogP contribution in [0.2, 0.25) is 0 Å². The molecule has 0 bridgehead atoms. The number of rotatable bonds is 4. The molecule has 26 heavy (non-hydrogen) atoms. The Hall–Kier alpha value is -2.42. The van der Waals surface area contributed by atoms with Crippen LogP contribution in [0.15, 0.2) is 120 Å². The van der Waals surface area contributed by atoms with E-state index in [4.69, 9.17) is 0 Å². The van der Waals surface area contributed by atoms with Gasteiger partial charge in [0, 0.05) is 4.47 Å². The van der Waals surface area contributed by atoms with E-state index in [9.17, 15) is 0 Å². The molecule has 0 atom stereocenters. The largest absolute Gasteiger partial charge is 0.171 e. The highest BCUT2D eigenvalue weighted by atomic mass is 79.9. The van der Waals surface area contributed by atoms with Gasteiger partial charge in [0.2, 0.25) is 0 Å². The smallest absolute Gasteiger partial charge is 0.0147 e. The molecule has 0 N–H and O–H groups in total. The molecule has 127 valence electrons. The minimum absolute atomic E-state index is 1.12. The minimum atomic E-state index is -2.36. The molecule has 0 saturated carbocycles. The Bertz CT molecular complexity index is 885. The van der Waals surface area contributed by atoms with Crippen molar-refractivity contribution < 1.29 is 0 Å². The van der Waals surface area contributed by atoms with Crippen LogP contribution < -0.4 is 20.7 Å². The molecule has 0 amide bonds. The normalized spacial score (nSPS) is 11.3. The van der Waals surface area contributed by atoms with E-state index < -0.39 is 8.07 Å². The van der Waals surface area contributed by atoms with E-state index in [-0.39, 0.29) is 0 Å². The third-order valence-electron chi connectivity index (χ3n) is 4.88. The van der Waals surface area contributed by atoms with Crippen molar-refractivity contribution in [1.29, 1.82) is 0 Å². The van der Waals surface area contributed by atoms with Crippen molar-refractivity contribution in [2.45, 2.75) is 0 Å². The van der Waals surface area contributed by atoms with Gasteiger partial charge in [0.1, 0.15) is 0 Å². The molecule has 0 aliphatic heterocycles. The first-order valence-corrected chi connectivity index (χ1v) is 11.5. The molecule has 0 fully saturated rings. The summed E-state index contributed by atoms with van der Waals surface area (Å²) in [6.45, 7) is 0. The molecule has 0 heterocycles. The zero-order chi connectivity index (χ0) is 17.8. The standard InChI is InChI=1S/C24H19BrSi/c25-20-11-10-18-24(19-20)26(21-12-4-1-5-13-21,22-14-6-2-7-15-22)23-16-8-3-9-17-23/h1-19H/q-1. The first-order chi connectivity index (χ1) is 12.8. The summed E-state index contributed by atoms with van der Waals surface area (Å²) in [5.74, 6) is 0. The third-order valence-corrected chi connectivity index (χ3v) is 10.1. The summed E-state index contributed by atoms with van der Waals surface area (Å²) in [6, 6.07) is 41.7. The van der Waals surface area contributed by atoms with Gasteiger partial charge in [0.05, 0.1) is 0 Å². The quantitative estimate of drug-likeness (QED) is 0.351. The zero-order valence-corrected chi connectivity index (χ0v) is 16.9.